The summed E-state index contributed by atoms with van der Waals surface area (Å²) in [5.74, 6) is -0.279. The number of ether oxygens (including phenoxy) is 1. The first-order valence-corrected chi connectivity index (χ1v) is 9.74. The zero-order valence-electron chi connectivity index (χ0n) is 14.2. The number of hydrogen-bond acceptors (Lipinski definition) is 4. The fourth-order valence-corrected chi connectivity index (χ4v) is 3.56. The van der Waals surface area contributed by atoms with Crippen LogP contribution in [0.15, 0.2) is 41.3 Å². The number of hydrogen-bond donors (Lipinski definition) is 1. The summed E-state index contributed by atoms with van der Waals surface area (Å²) in [5, 5.41) is 0.483. The van der Waals surface area contributed by atoms with Crippen molar-refractivity contribution < 1.29 is 17.9 Å². The van der Waals surface area contributed by atoms with Crippen molar-refractivity contribution in [2.45, 2.75) is 24.7 Å². The van der Waals surface area contributed by atoms with Crippen molar-refractivity contribution in [2.75, 3.05) is 13.2 Å². The van der Waals surface area contributed by atoms with E-state index in [1.807, 2.05) is 23.7 Å². The largest absolute Gasteiger partial charge is 0.466 e. The molecule has 2 aromatic rings. The Hall–Kier alpha value is -1.83. The van der Waals surface area contributed by atoms with Gasteiger partial charge in [0.25, 0.3) is 0 Å². The molecule has 0 saturated heterocycles. The van der Waals surface area contributed by atoms with Crippen LogP contribution in [0.3, 0.4) is 0 Å². The van der Waals surface area contributed by atoms with Gasteiger partial charge in [0.15, 0.2) is 0 Å². The standard InChI is InChI=1S/C17H21ClN2O4S/c1-3-24-17(21)12-15-7-6-14(20(15)2)10-11-19-25(22,23)16-8-4-13(18)5-9-16/h4-9,19H,3,10-12H2,1-2H3. The molecule has 0 unspecified atom stereocenters. The predicted molar refractivity (Wildman–Crippen MR) is 96.1 cm³/mol. The molecule has 6 nitrogen and oxygen atoms in total. The topological polar surface area (TPSA) is 77.4 Å². The molecule has 1 aromatic heterocycles. The number of rotatable bonds is 8. The van der Waals surface area contributed by atoms with Gasteiger partial charge in [0, 0.05) is 36.4 Å². The molecule has 0 saturated carbocycles. The maximum absolute atomic E-state index is 12.2. The van der Waals surface area contributed by atoms with Gasteiger partial charge in [-0.2, -0.15) is 0 Å². The molecule has 0 fully saturated rings. The van der Waals surface area contributed by atoms with E-state index in [0.29, 0.717) is 18.1 Å². The average molecular weight is 385 g/mol. The Labute approximate surface area is 152 Å². The van der Waals surface area contributed by atoms with Crippen molar-refractivity contribution in [3.05, 3.63) is 52.8 Å². The van der Waals surface area contributed by atoms with Crippen molar-refractivity contribution in [3.8, 4) is 0 Å². The van der Waals surface area contributed by atoms with Crippen molar-refractivity contribution in [3.63, 3.8) is 0 Å². The number of halogens is 1. The monoisotopic (exact) mass is 384 g/mol. The van der Waals surface area contributed by atoms with Gasteiger partial charge < -0.3 is 9.30 Å². The van der Waals surface area contributed by atoms with Gasteiger partial charge in [-0.25, -0.2) is 13.1 Å². The van der Waals surface area contributed by atoms with E-state index in [-0.39, 0.29) is 23.8 Å². The highest BCUT2D eigenvalue weighted by molar-refractivity contribution is 7.89. The van der Waals surface area contributed by atoms with E-state index in [1.165, 1.54) is 24.3 Å². The van der Waals surface area contributed by atoms with Gasteiger partial charge in [-0.15, -0.1) is 0 Å². The second-order valence-corrected chi connectivity index (χ2v) is 7.66. The Kier molecular flexibility index (Phi) is 6.64. The van der Waals surface area contributed by atoms with E-state index in [4.69, 9.17) is 16.3 Å². The Morgan fingerprint density at radius 1 is 1.16 bits per heavy atom. The molecule has 0 atom stereocenters. The van der Waals surface area contributed by atoms with Gasteiger partial charge in [0.1, 0.15) is 0 Å². The Bertz CT molecular complexity index is 829. The smallest absolute Gasteiger partial charge is 0.311 e. The van der Waals surface area contributed by atoms with E-state index in [9.17, 15) is 13.2 Å². The number of esters is 1. The molecule has 8 heteroatoms. The van der Waals surface area contributed by atoms with Gasteiger partial charge in [-0.05, 0) is 43.3 Å². The minimum absolute atomic E-state index is 0.173. The van der Waals surface area contributed by atoms with Crippen LogP contribution in [0, 0.1) is 0 Å². The first kappa shape index (κ1) is 19.5. The fourth-order valence-electron chi connectivity index (χ4n) is 2.40. The Morgan fingerprint density at radius 3 is 2.44 bits per heavy atom. The summed E-state index contributed by atoms with van der Waals surface area (Å²) in [5.41, 5.74) is 1.76. The third-order valence-corrected chi connectivity index (χ3v) is 5.49. The normalized spacial score (nSPS) is 11.5. The quantitative estimate of drug-likeness (QED) is 0.708. The lowest BCUT2D eigenvalue weighted by Gasteiger charge is -2.09. The van der Waals surface area contributed by atoms with Gasteiger partial charge in [0.05, 0.1) is 17.9 Å². The van der Waals surface area contributed by atoms with Crippen LogP contribution >= 0.6 is 11.6 Å². The number of carbonyl (C=O) groups is 1. The minimum Gasteiger partial charge on any atom is -0.466 e. The Morgan fingerprint density at radius 2 is 1.80 bits per heavy atom. The lowest BCUT2D eigenvalue weighted by Crippen LogP contribution is -2.26. The summed E-state index contributed by atoms with van der Waals surface area (Å²) in [6, 6.07) is 9.73. The third kappa shape index (κ3) is 5.32. The summed E-state index contributed by atoms with van der Waals surface area (Å²) >= 11 is 5.77. The van der Waals surface area contributed by atoms with Crippen molar-refractivity contribution in [2.24, 2.45) is 7.05 Å². The van der Waals surface area contributed by atoms with E-state index in [1.54, 1.807) is 6.92 Å². The highest BCUT2D eigenvalue weighted by Gasteiger charge is 2.14. The Balaban J connectivity index is 1.94. The molecule has 0 aliphatic carbocycles. The number of carbonyl (C=O) groups excluding carboxylic acids is 1. The maximum Gasteiger partial charge on any atom is 0.311 e. The fraction of sp³-hybridized carbons (Fsp3) is 0.353. The maximum atomic E-state index is 12.2. The molecular formula is C17H21ClN2O4S. The van der Waals surface area contributed by atoms with E-state index in [2.05, 4.69) is 4.72 Å². The first-order chi connectivity index (χ1) is 11.8. The lowest BCUT2D eigenvalue weighted by atomic mass is 10.3. The zero-order chi connectivity index (χ0) is 18.4. The molecule has 0 bridgehead atoms. The lowest BCUT2D eigenvalue weighted by molar-refractivity contribution is -0.142. The van der Waals surface area contributed by atoms with E-state index < -0.39 is 10.0 Å². The second-order valence-electron chi connectivity index (χ2n) is 5.46. The van der Waals surface area contributed by atoms with Crippen LogP contribution < -0.4 is 4.72 Å². The zero-order valence-corrected chi connectivity index (χ0v) is 15.7. The van der Waals surface area contributed by atoms with Crippen LogP contribution in [0.2, 0.25) is 5.02 Å². The highest BCUT2D eigenvalue weighted by atomic mass is 35.5. The molecule has 0 spiro atoms. The molecule has 25 heavy (non-hydrogen) atoms. The molecule has 1 aromatic carbocycles. The molecule has 2 rings (SSSR count). The van der Waals surface area contributed by atoms with E-state index >= 15 is 0 Å². The number of aromatic nitrogens is 1. The van der Waals surface area contributed by atoms with Crippen molar-refractivity contribution in [1.29, 1.82) is 0 Å². The minimum atomic E-state index is -3.57. The second kappa shape index (κ2) is 8.51. The van der Waals surface area contributed by atoms with Gasteiger partial charge in [-0.1, -0.05) is 11.6 Å². The van der Waals surface area contributed by atoms with Crippen LogP contribution in [-0.2, 0) is 39.4 Å². The van der Waals surface area contributed by atoms with Crippen molar-refractivity contribution >= 4 is 27.6 Å². The van der Waals surface area contributed by atoms with Gasteiger partial charge in [0.2, 0.25) is 10.0 Å². The van der Waals surface area contributed by atoms with Crippen LogP contribution in [0.1, 0.15) is 18.3 Å². The van der Waals surface area contributed by atoms with Crippen LogP contribution in [-0.4, -0.2) is 32.1 Å². The third-order valence-electron chi connectivity index (χ3n) is 3.76. The average Bonchev–Trinajstić information content (AvgIpc) is 2.88. The summed E-state index contributed by atoms with van der Waals surface area (Å²) in [4.78, 5) is 11.7. The first-order valence-electron chi connectivity index (χ1n) is 7.88. The molecule has 1 N–H and O–H groups in total. The van der Waals surface area contributed by atoms with Gasteiger partial charge >= 0.3 is 5.97 Å². The molecule has 136 valence electrons. The summed E-state index contributed by atoms with van der Waals surface area (Å²) in [7, 11) is -1.73. The SMILES string of the molecule is CCOC(=O)Cc1ccc(CCNS(=O)(=O)c2ccc(Cl)cc2)n1C. The molecule has 0 amide bonds. The van der Waals surface area contributed by atoms with Crippen molar-refractivity contribution in [1.82, 2.24) is 9.29 Å². The number of nitrogens with zero attached hydrogens (tertiary/aromatic N) is 1. The molecule has 1 heterocycles. The summed E-state index contributed by atoms with van der Waals surface area (Å²) in [6.07, 6.45) is 0.701. The number of benzene rings is 1. The molecular weight excluding hydrogens is 364 g/mol. The van der Waals surface area contributed by atoms with E-state index in [0.717, 1.165) is 11.4 Å². The molecule has 0 aliphatic heterocycles. The van der Waals surface area contributed by atoms with Crippen LogP contribution in [0.4, 0.5) is 0 Å². The van der Waals surface area contributed by atoms with Crippen LogP contribution in [0.5, 0.6) is 0 Å². The summed E-state index contributed by atoms with van der Waals surface area (Å²) < 4.78 is 33.8. The van der Waals surface area contributed by atoms with Crippen LogP contribution in [0.25, 0.3) is 0 Å². The number of sulfonamides is 1. The van der Waals surface area contributed by atoms with Gasteiger partial charge in [-0.3, -0.25) is 4.79 Å². The molecule has 0 radical (unpaired) electrons. The highest BCUT2D eigenvalue weighted by Crippen LogP contribution is 2.14. The number of nitrogens with one attached hydrogen (secondary N) is 1. The summed E-state index contributed by atoms with van der Waals surface area (Å²) in [6.45, 7) is 2.37. The predicted octanol–water partition coefficient (Wildman–Crippen LogP) is 2.31. The molecule has 0 aliphatic rings.